The van der Waals surface area contributed by atoms with Gasteiger partial charge in [-0.1, -0.05) is 6.07 Å². The van der Waals surface area contributed by atoms with Crippen LogP contribution in [-0.2, 0) is 11.2 Å². The topological polar surface area (TPSA) is 64.8 Å². The van der Waals surface area contributed by atoms with Gasteiger partial charge in [-0.15, -0.1) is 11.3 Å². The first-order chi connectivity index (χ1) is 12.5. The Kier molecular flexibility index (Phi) is 5.84. The van der Waals surface area contributed by atoms with E-state index in [0.29, 0.717) is 25.1 Å². The summed E-state index contributed by atoms with van der Waals surface area (Å²) in [6.07, 6.45) is 1.98. The number of amides is 1. The number of ether oxygens (including phenoxy) is 2. The number of carbonyl (C=O) groups is 1. The fourth-order valence-corrected chi connectivity index (χ4v) is 4.32. The molecule has 0 aliphatic carbocycles. The van der Waals surface area contributed by atoms with Crippen molar-refractivity contribution in [3.63, 3.8) is 0 Å². The molecule has 1 amide bonds. The molecule has 0 saturated carbocycles. The number of hydrogen-bond donors (Lipinski definition) is 1. The average Bonchev–Trinajstić information content (AvgIpc) is 3.18. The minimum atomic E-state index is -0.0841. The van der Waals surface area contributed by atoms with Gasteiger partial charge in [0.25, 0.3) is 0 Å². The summed E-state index contributed by atoms with van der Waals surface area (Å²) >= 11 is 1.67. The maximum Gasteiger partial charge on any atom is 0.223 e. The van der Waals surface area contributed by atoms with Gasteiger partial charge in [-0.25, -0.2) is 0 Å². The van der Waals surface area contributed by atoms with Crippen LogP contribution in [0.15, 0.2) is 29.6 Å². The fourth-order valence-electron chi connectivity index (χ4n) is 3.46. The molecule has 0 radical (unpaired) electrons. The van der Waals surface area contributed by atoms with E-state index in [0.717, 1.165) is 22.6 Å². The number of carbonyl (C=O) groups excluding carboxylic acids is 1. The van der Waals surface area contributed by atoms with E-state index in [1.54, 1.807) is 25.6 Å². The van der Waals surface area contributed by atoms with Crippen LogP contribution in [0.3, 0.4) is 0 Å². The van der Waals surface area contributed by atoms with E-state index in [-0.39, 0.29) is 18.0 Å². The monoisotopic (exact) mass is 374 g/mol. The Bertz CT molecular complexity index is 759. The van der Waals surface area contributed by atoms with Gasteiger partial charge in [-0.05, 0) is 54.5 Å². The van der Waals surface area contributed by atoms with Crippen LogP contribution in [0.25, 0.3) is 0 Å². The number of fused-ring (bicyclic) bond motifs is 1. The molecule has 1 aromatic carbocycles. The van der Waals surface area contributed by atoms with E-state index < -0.39 is 0 Å². The van der Waals surface area contributed by atoms with Gasteiger partial charge in [-0.3, -0.25) is 4.79 Å². The fraction of sp³-hybridized carbons (Fsp3) is 0.450. The third kappa shape index (κ3) is 3.71. The lowest BCUT2D eigenvalue weighted by atomic mass is 9.90. The zero-order valence-electron chi connectivity index (χ0n) is 15.5. The largest absolute Gasteiger partial charge is 0.493 e. The first-order valence-electron chi connectivity index (χ1n) is 8.88. The van der Waals surface area contributed by atoms with Crippen molar-refractivity contribution < 1.29 is 14.3 Å². The standard InChI is InChI=1S/C20H26N2O3S/c1-13(21)6-7-19(23)22-9-8-14-11-16(24-2)17(25-3)12-15(14)20(22)18-5-4-10-26-18/h4-5,10-13,20H,6-9,21H2,1-3H3. The summed E-state index contributed by atoms with van der Waals surface area (Å²) in [6, 6.07) is 8.12. The molecule has 0 fully saturated rings. The number of rotatable bonds is 6. The Morgan fingerprint density at radius 2 is 2.08 bits per heavy atom. The molecular weight excluding hydrogens is 348 g/mol. The Balaban J connectivity index is 2.01. The van der Waals surface area contributed by atoms with Gasteiger partial charge < -0.3 is 20.1 Å². The van der Waals surface area contributed by atoms with Crippen molar-refractivity contribution in [2.45, 2.75) is 38.3 Å². The van der Waals surface area contributed by atoms with Gasteiger partial charge in [0.05, 0.1) is 20.3 Å². The van der Waals surface area contributed by atoms with Gasteiger partial charge in [0.1, 0.15) is 0 Å². The zero-order valence-corrected chi connectivity index (χ0v) is 16.3. The Morgan fingerprint density at radius 3 is 2.69 bits per heavy atom. The molecule has 2 atom stereocenters. The number of nitrogens with zero attached hydrogens (tertiary/aromatic N) is 1. The van der Waals surface area contributed by atoms with E-state index in [2.05, 4.69) is 11.4 Å². The molecule has 2 aromatic rings. The Hall–Kier alpha value is -2.05. The normalized spacial score (nSPS) is 17.5. The summed E-state index contributed by atoms with van der Waals surface area (Å²) in [4.78, 5) is 16.1. The lowest BCUT2D eigenvalue weighted by Crippen LogP contribution is -2.40. The zero-order chi connectivity index (χ0) is 18.7. The molecule has 6 heteroatoms. The highest BCUT2D eigenvalue weighted by molar-refractivity contribution is 7.10. The maximum atomic E-state index is 12.9. The summed E-state index contributed by atoms with van der Waals surface area (Å²) < 4.78 is 11.0. The lowest BCUT2D eigenvalue weighted by molar-refractivity contribution is -0.133. The quantitative estimate of drug-likeness (QED) is 0.842. The predicted molar refractivity (Wildman–Crippen MR) is 104 cm³/mol. The molecule has 0 bridgehead atoms. The molecule has 1 aromatic heterocycles. The van der Waals surface area contributed by atoms with E-state index in [4.69, 9.17) is 15.2 Å². The van der Waals surface area contributed by atoms with Gasteiger partial charge in [0.15, 0.2) is 11.5 Å². The van der Waals surface area contributed by atoms with Crippen molar-refractivity contribution in [1.82, 2.24) is 4.90 Å². The second kappa shape index (κ2) is 8.10. The highest BCUT2D eigenvalue weighted by Gasteiger charge is 2.33. The minimum Gasteiger partial charge on any atom is -0.493 e. The third-order valence-electron chi connectivity index (χ3n) is 4.82. The van der Waals surface area contributed by atoms with Crippen LogP contribution in [0.4, 0.5) is 0 Å². The van der Waals surface area contributed by atoms with Gasteiger partial charge in [0.2, 0.25) is 5.91 Å². The minimum absolute atomic E-state index is 0.0283. The molecule has 3 rings (SSSR count). The molecule has 2 heterocycles. The van der Waals surface area contributed by atoms with Crippen LogP contribution in [0.1, 0.15) is 41.8 Å². The van der Waals surface area contributed by atoms with Crippen molar-refractivity contribution >= 4 is 17.2 Å². The van der Waals surface area contributed by atoms with Crippen LogP contribution in [0.5, 0.6) is 11.5 Å². The highest BCUT2D eigenvalue weighted by atomic mass is 32.1. The van der Waals surface area contributed by atoms with Crippen molar-refractivity contribution in [2.75, 3.05) is 20.8 Å². The van der Waals surface area contributed by atoms with Crippen molar-refractivity contribution in [3.05, 3.63) is 45.6 Å². The molecule has 2 unspecified atom stereocenters. The molecular formula is C20H26N2O3S. The van der Waals surface area contributed by atoms with Crippen LogP contribution >= 0.6 is 11.3 Å². The second-order valence-corrected chi connectivity index (χ2v) is 7.66. The molecule has 5 nitrogen and oxygen atoms in total. The van der Waals surface area contributed by atoms with Crippen LogP contribution < -0.4 is 15.2 Å². The van der Waals surface area contributed by atoms with Crippen molar-refractivity contribution in [2.24, 2.45) is 5.73 Å². The molecule has 140 valence electrons. The third-order valence-corrected chi connectivity index (χ3v) is 5.74. The van der Waals surface area contributed by atoms with Crippen molar-refractivity contribution in [1.29, 1.82) is 0 Å². The van der Waals surface area contributed by atoms with Crippen LogP contribution in [-0.4, -0.2) is 37.6 Å². The molecule has 1 aliphatic heterocycles. The number of benzene rings is 1. The van der Waals surface area contributed by atoms with Gasteiger partial charge >= 0.3 is 0 Å². The Morgan fingerprint density at radius 1 is 1.35 bits per heavy atom. The molecule has 2 N–H and O–H groups in total. The molecule has 0 saturated heterocycles. The smallest absolute Gasteiger partial charge is 0.223 e. The summed E-state index contributed by atoms with van der Waals surface area (Å²) in [5.41, 5.74) is 8.17. The number of hydrogen-bond acceptors (Lipinski definition) is 5. The number of thiophene rings is 1. The predicted octanol–water partition coefficient (Wildman–Crippen LogP) is 3.37. The molecule has 1 aliphatic rings. The van der Waals surface area contributed by atoms with Crippen LogP contribution in [0, 0.1) is 0 Å². The van der Waals surface area contributed by atoms with E-state index >= 15 is 0 Å². The van der Waals surface area contributed by atoms with Crippen molar-refractivity contribution in [3.8, 4) is 11.5 Å². The Labute approximate surface area is 158 Å². The summed E-state index contributed by atoms with van der Waals surface area (Å²) in [6.45, 7) is 2.63. The SMILES string of the molecule is COc1cc2c(cc1OC)C(c1cccs1)N(C(=O)CCC(C)N)CC2. The van der Waals surface area contributed by atoms with Gasteiger partial charge in [-0.2, -0.15) is 0 Å². The van der Waals surface area contributed by atoms with Crippen LogP contribution in [0.2, 0.25) is 0 Å². The maximum absolute atomic E-state index is 12.9. The summed E-state index contributed by atoms with van der Waals surface area (Å²) in [5, 5.41) is 2.05. The number of nitrogens with two attached hydrogens (primary N) is 1. The average molecular weight is 375 g/mol. The molecule has 0 spiro atoms. The highest BCUT2D eigenvalue weighted by Crippen LogP contribution is 2.42. The number of methoxy groups -OCH3 is 2. The first-order valence-corrected chi connectivity index (χ1v) is 9.76. The first kappa shape index (κ1) is 18.7. The molecule has 26 heavy (non-hydrogen) atoms. The van der Waals surface area contributed by atoms with E-state index in [9.17, 15) is 4.79 Å². The summed E-state index contributed by atoms with van der Waals surface area (Å²) in [5.74, 6) is 1.58. The van der Waals surface area contributed by atoms with Gasteiger partial charge in [0, 0.05) is 23.9 Å². The summed E-state index contributed by atoms with van der Waals surface area (Å²) in [7, 11) is 3.28. The second-order valence-electron chi connectivity index (χ2n) is 6.68. The van der Waals surface area contributed by atoms with E-state index in [1.807, 2.05) is 30.0 Å². The lowest BCUT2D eigenvalue weighted by Gasteiger charge is -2.37. The van der Waals surface area contributed by atoms with E-state index in [1.165, 1.54) is 5.56 Å².